The van der Waals surface area contributed by atoms with E-state index >= 15 is 0 Å². The fourth-order valence-corrected chi connectivity index (χ4v) is 5.06. The highest BCUT2D eigenvalue weighted by Crippen LogP contribution is 2.30. The largest absolute Gasteiger partial charge is 0.441 e. The van der Waals surface area contributed by atoms with Crippen molar-refractivity contribution in [2.45, 2.75) is 52.5 Å². The Bertz CT molecular complexity index is 1340. The highest BCUT2D eigenvalue weighted by atomic mass is 16.3. The van der Waals surface area contributed by atoms with Gasteiger partial charge in [-0.15, -0.1) is 0 Å². The maximum absolute atomic E-state index is 13.7. The number of hydrogen-bond donors (Lipinski definition) is 0. The number of anilines is 1. The molecule has 0 atom stereocenters. The predicted octanol–water partition coefficient (Wildman–Crippen LogP) is 7.95. The molecule has 4 aromatic rings. The molecule has 4 heteroatoms. The van der Waals surface area contributed by atoms with Crippen LogP contribution in [0, 0.1) is 12.8 Å². The molecule has 0 unspecified atom stereocenters. The number of nitrogens with zero attached hydrogens (tertiary/aromatic N) is 2. The molecular weight excluding hydrogens is 432 g/mol. The number of carbonyl (C=O) groups is 1. The van der Waals surface area contributed by atoms with E-state index in [4.69, 9.17) is 4.42 Å². The summed E-state index contributed by atoms with van der Waals surface area (Å²) in [5, 5.41) is 0. The van der Waals surface area contributed by atoms with Crippen molar-refractivity contribution in [1.82, 2.24) is 4.98 Å². The Kier molecular flexibility index (Phi) is 6.80. The Morgan fingerprint density at radius 2 is 1.77 bits per heavy atom. The summed E-state index contributed by atoms with van der Waals surface area (Å²) in [6.45, 7) is 4.44. The molecule has 4 nitrogen and oxygen atoms in total. The average Bonchev–Trinajstić information content (AvgIpc) is 3.27. The molecule has 1 aliphatic carbocycles. The molecule has 5 rings (SSSR count). The molecule has 1 aliphatic rings. The van der Waals surface area contributed by atoms with E-state index < -0.39 is 0 Å². The van der Waals surface area contributed by atoms with E-state index in [-0.39, 0.29) is 11.8 Å². The SMILES string of the molecule is CC=Cc1cccc(N(Cc2ccc(-c3ccc4nc(C)oc4c3)cc2)C(=O)C2CCCCC2)c1. The van der Waals surface area contributed by atoms with Crippen molar-refractivity contribution in [3.8, 4) is 11.1 Å². The number of fused-ring (bicyclic) bond motifs is 1. The van der Waals surface area contributed by atoms with Crippen LogP contribution in [0.3, 0.4) is 0 Å². The molecule has 0 bridgehead atoms. The number of rotatable bonds is 6. The van der Waals surface area contributed by atoms with Gasteiger partial charge in [-0.25, -0.2) is 4.98 Å². The van der Waals surface area contributed by atoms with Gasteiger partial charge in [0, 0.05) is 18.5 Å². The van der Waals surface area contributed by atoms with Crippen molar-refractivity contribution in [3.05, 3.63) is 89.8 Å². The van der Waals surface area contributed by atoms with E-state index in [1.165, 1.54) is 6.42 Å². The van der Waals surface area contributed by atoms with Crippen LogP contribution in [0.1, 0.15) is 56.0 Å². The van der Waals surface area contributed by atoms with Gasteiger partial charge in [-0.05, 0) is 66.3 Å². The molecule has 1 amide bonds. The number of aryl methyl sites for hydroxylation is 1. The zero-order valence-corrected chi connectivity index (χ0v) is 20.5. The summed E-state index contributed by atoms with van der Waals surface area (Å²) in [7, 11) is 0. The highest BCUT2D eigenvalue weighted by Gasteiger charge is 2.27. The third-order valence-corrected chi connectivity index (χ3v) is 6.88. The van der Waals surface area contributed by atoms with E-state index in [2.05, 4.69) is 59.6 Å². The predicted molar refractivity (Wildman–Crippen MR) is 143 cm³/mol. The Balaban J connectivity index is 1.41. The molecule has 1 heterocycles. The first kappa shape index (κ1) is 23.1. The lowest BCUT2D eigenvalue weighted by atomic mass is 9.88. The van der Waals surface area contributed by atoms with Crippen LogP contribution < -0.4 is 4.90 Å². The van der Waals surface area contributed by atoms with Gasteiger partial charge in [0.25, 0.3) is 0 Å². The monoisotopic (exact) mass is 464 g/mol. The topological polar surface area (TPSA) is 46.3 Å². The molecule has 1 fully saturated rings. The summed E-state index contributed by atoms with van der Waals surface area (Å²) in [6.07, 6.45) is 9.62. The minimum Gasteiger partial charge on any atom is -0.441 e. The molecule has 0 saturated heterocycles. The van der Waals surface area contributed by atoms with Gasteiger partial charge in [0.2, 0.25) is 5.91 Å². The number of aromatic nitrogens is 1. The summed E-state index contributed by atoms with van der Waals surface area (Å²) in [5.41, 5.74) is 7.07. The Morgan fingerprint density at radius 3 is 2.54 bits per heavy atom. The van der Waals surface area contributed by atoms with E-state index in [0.29, 0.717) is 12.4 Å². The quantitative estimate of drug-likeness (QED) is 0.291. The first-order chi connectivity index (χ1) is 17.1. The summed E-state index contributed by atoms with van der Waals surface area (Å²) >= 11 is 0. The number of hydrogen-bond acceptors (Lipinski definition) is 3. The van der Waals surface area contributed by atoms with Crippen molar-refractivity contribution < 1.29 is 9.21 Å². The lowest BCUT2D eigenvalue weighted by molar-refractivity contribution is -0.123. The smallest absolute Gasteiger partial charge is 0.230 e. The minimum atomic E-state index is 0.116. The molecule has 0 spiro atoms. The Labute approximate surface area is 207 Å². The van der Waals surface area contributed by atoms with Crippen LogP contribution >= 0.6 is 0 Å². The van der Waals surface area contributed by atoms with Gasteiger partial charge < -0.3 is 9.32 Å². The van der Waals surface area contributed by atoms with Crippen molar-refractivity contribution >= 4 is 28.8 Å². The number of carbonyl (C=O) groups excluding carboxylic acids is 1. The summed E-state index contributed by atoms with van der Waals surface area (Å²) in [6, 6.07) is 22.9. The molecular formula is C31H32N2O2. The molecule has 0 N–H and O–H groups in total. The number of allylic oxidation sites excluding steroid dienone is 1. The maximum Gasteiger partial charge on any atom is 0.230 e. The van der Waals surface area contributed by atoms with Crippen LogP contribution in [0.4, 0.5) is 5.69 Å². The summed E-state index contributed by atoms with van der Waals surface area (Å²) in [4.78, 5) is 20.1. The van der Waals surface area contributed by atoms with Crippen molar-refractivity contribution in [2.24, 2.45) is 5.92 Å². The van der Waals surface area contributed by atoms with E-state index in [1.54, 1.807) is 0 Å². The van der Waals surface area contributed by atoms with Crippen molar-refractivity contribution in [2.75, 3.05) is 4.90 Å². The number of benzene rings is 3. The third kappa shape index (κ3) is 5.22. The van der Waals surface area contributed by atoms with Crippen molar-refractivity contribution in [1.29, 1.82) is 0 Å². The second-order valence-electron chi connectivity index (χ2n) is 9.47. The van der Waals surface area contributed by atoms with Gasteiger partial charge in [-0.1, -0.05) is 73.9 Å². The van der Waals surface area contributed by atoms with Gasteiger partial charge in [-0.3, -0.25) is 4.79 Å². The molecule has 178 valence electrons. The van der Waals surface area contributed by atoms with Gasteiger partial charge in [0.15, 0.2) is 11.5 Å². The minimum absolute atomic E-state index is 0.116. The fraction of sp³-hybridized carbons (Fsp3) is 0.290. The van der Waals surface area contributed by atoms with E-state index in [1.807, 2.05) is 43.0 Å². The number of oxazole rings is 1. The van der Waals surface area contributed by atoms with Gasteiger partial charge in [-0.2, -0.15) is 0 Å². The molecule has 3 aromatic carbocycles. The molecule has 0 radical (unpaired) electrons. The lowest BCUT2D eigenvalue weighted by Crippen LogP contribution is -2.36. The zero-order valence-electron chi connectivity index (χ0n) is 20.5. The third-order valence-electron chi connectivity index (χ3n) is 6.88. The van der Waals surface area contributed by atoms with Crippen LogP contribution in [0.25, 0.3) is 28.3 Å². The molecule has 35 heavy (non-hydrogen) atoms. The standard InChI is InChI=1S/C31H32N2O2/c1-3-8-23-9-7-12-28(19-23)33(31(34)26-10-5-4-6-11-26)21-24-13-15-25(16-14-24)27-17-18-29-30(20-27)35-22(2)32-29/h3,7-9,12-20,26H,4-6,10-11,21H2,1-2H3. The summed E-state index contributed by atoms with van der Waals surface area (Å²) < 4.78 is 5.71. The number of amides is 1. The van der Waals surface area contributed by atoms with Crippen LogP contribution in [0.2, 0.25) is 0 Å². The average molecular weight is 465 g/mol. The molecule has 0 aliphatic heterocycles. The van der Waals surface area contributed by atoms with Crippen LogP contribution in [-0.2, 0) is 11.3 Å². The van der Waals surface area contributed by atoms with Crippen LogP contribution in [0.5, 0.6) is 0 Å². The Morgan fingerprint density at radius 1 is 1.00 bits per heavy atom. The molecule has 1 saturated carbocycles. The first-order valence-corrected chi connectivity index (χ1v) is 12.6. The van der Waals surface area contributed by atoms with Crippen LogP contribution in [0.15, 0.2) is 77.2 Å². The van der Waals surface area contributed by atoms with Gasteiger partial charge >= 0.3 is 0 Å². The first-order valence-electron chi connectivity index (χ1n) is 12.6. The normalized spacial score (nSPS) is 14.6. The maximum atomic E-state index is 13.7. The highest BCUT2D eigenvalue weighted by molar-refractivity contribution is 5.95. The lowest BCUT2D eigenvalue weighted by Gasteiger charge is -2.30. The van der Waals surface area contributed by atoms with E-state index in [0.717, 1.165) is 64.7 Å². The second kappa shape index (κ2) is 10.3. The Hall–Kier alpha value is -3.66. The van der Waals surface area contributed by atoms with Gasteiger partial charge in [0.05, 0.1) is 6.54 Å². The zero-order chi connectivity index (χ0) is 24.2. The molecule has 1 aromatic heterocycles. The van der Waals surface area contributed by atoms with Crippen molar-refractivity contribution in [3.63, 3.8) is 0 Å². The fourth-order valence-electron chi connectivity index (χ4n) is 5.06. The second-order valence-corrected chi connectivity index (χ2v) is 9.47. The van der Waals surface area contributed by atoms with E-state index in [9.17, 15) is 4.79 Å². The van der Waals surface area contributed by atoms with Gasteiger partial charge in [0.1, 0.15) is 5.52 Å². The van der Waals surface area contributed by atoms with Crippen LogP contribution in [-0.4, -0.2) is 10.9 Å². The summed E-state index contributed by atoms with van der Waals surface area (Å²) in [5.74, 6) is 1.04.